The van der Waals surface area contributed by atoms with Crippen molar-refractivity contribution in [3.63, 3.8) is 0 Å². The van der Waals surface area contributed by atoms with Gasteiger partial charge in [-0.3, -0.25) is 9.59 Å². The van der Waals surface area contributed by atoms with Gasteiger partial charge in [-0.25, -0.2) is 0 Å². The van der Waals surface area contributed by atoms with Crippen molar-refractivity contribution < 1.29 is 19.4 Å². The molecule has 1 aromatic carbocycles. The number of fused-ring (bicyclic) bond motifs is 1. The summed E-state index contributed by atoms with van der Waals surface area (Å²) in [6.45, 7) is 0.937. The summed E-state index contributed by atoms with van der Waals surface area (Å²) in [6.07, 6.45) is 3.19. The quantitative estimate of drug-likeness (QED) is 0.577. The Morgan fingerprint density at radius 1 is 1.26 bits per heavy atom. The number of carbonyl (C=O) groups excluding carboxylic acids is 1. The second-order valence-corrected chi connectivity index (χ2v) is 5.77. The van der Waals surface area contributed by atoms with Crippen LogP contribution in [0.15, 0.2) is 24.4 Å². The van der Waals surface area contributed by atoms with E-state index in [0.717, 1.165) is 23.9 Å². The molecule has 0 saturated heterocycles. The summed E-state index contributed by atoms with van der Waals surface area (Å²) in [7, 11) is 4.05. The first kappa shape index (κ1) is 17.0. The minimum Gasteiger partial charge on any atom is -0.481 e. The van der Waals surface area contributed by atoms with E-state index in [-0.39, 0.29) is 19.3 Å². The average Bonchev–Trinajstić information content (AvgIpc) is 2.89. The molecule has 0 fully saturated rings. The largest absolute Gasteiger partial charge is 0.481 e. The van der Waals surface area contributed by atoms with Crippen molar-refractivity contribution in [3.8, 4) is 5.75 Å². The van der Waals surface area contributed by atoms with Gasteiger partial charge in [0.2, 0.25) is 0 Å². The van der Waals surface area contributed by atoms with Crippen molar-refractivity contribution >= 4 is 22.8 Å². The highest BCUT2D eigenvalue weighted by Gasteiger charge is 2.12. The van der Waals surface area contributed by atoms with Crippen LogP contribution in [0.2, 0.25) is 0 Å². The molecule has 23 heavy (non-hydrogen) atoms. The molecule has 0 unspecified atom stereocenters. The molecule has 1 aromatic heterocycles. The molecule has 0 aliphatic rings. The van der Waals surface area contributed by atoms with Crippen LogP contribution >= 0.6 is 0 Å². The van der Waals surface area contributed by atoms with Gasteiger partial charge in [-0.1, -0.05) is 12.1 Å². The van der Waals surface area contributed by atoms with E-state index < -0.39 is 11.9 Å². The molecule has 1 heterocycles. The maximum absolute atomic E-state index is 11.8. The fourth-order valence-corrected chi connectivity index (χ4v) is 2.38. The van der Waals surface area contributed by atoms with Crippen molar-refractivity contribution in [2.45, 2.75) is 25.7 Å². The highest BCUT2D eigenvalue weighted by Crippen LogP contribution is 2.28. The smallest absolute Gasteiger partial charge is 0.311 e. The third kappa shape index (κ3) is 4.82. The number of para-hydroxylation sites is 1. The number of hydrogen-bond donors (Lipinski definition) is 2. The third-order valence-corrected chi connectivity index (χ3v) is 3.59. The summed E-state index contributed by atoms with van der Waals surface area (Å²) >= 11 is 0. The fourth-order valence-electron chi connectivity index (χ4n) is 2.38. The number of hydrogen-bond acceptors (Lipinski definition) is 4. The Morgan fingerprint density at radius 2 is 2.04 bits per heavy atom. The Bertz CT molecular complexity index is 691. The molecule has 6 nitrogen and oxygen atoms in total. The van der Waals surface area contributed by atoms with Gasteiger partial charge in [0.1, 0.15) is 0 Å². The van der Waals surface area contributed by atoms with Gasteiger partial charge in [0, 0.05) is 31.0 Å². The first-order valence-electron chi connectivity index (χ1n) is 7.63. The van der Waals surface area contributed by atoms with E-state index in [4.69, 9.17) is 9.84 Å². The Labute approximate surface area is 135 Å². The summed E-state index contributed by atoms with van der Waals surface area (Å²) in [5.74, 6) is -0.836. The number of esters is 1. The lowest BCUT2D eigenvalue weighted by molar-refractivity contribution is -0.137. The van der Waals surface area contributed by atoms with Crippen molar-refractivity contribution in [3.05, 3.63) is 30.0 Å². The SMILES string of the molecule is CN(C)CCc1c[nH]c2c(OC(=O)CCCC(=O)O)cccc12. The van der Waals surface area contributed by atoms with Gasteiger partial charge in [0.25, 0.3) is 0 Å². The second kappa shape index (κ2) is 7.78. The van der Waals surface area contributed by atoms with Crippen LogP contribution in [0.1, 0.15) is 24.8 Å². The molecule has 6 heteroatoms. The summed E-state index contributed by atoms with van der Waals surface area (Å²) in [4.78, 5) is 27.6. The lowest BCUT2D eigenvalue weighted by Crippen LogP contribution is -2.14. The number of carbonyl (C=O) groups is 2. The van der Waals surface area contributed by atoms with Crippen molar-refractivity contribution in [1.29, 1.82) is 0 Å². The first-order chi connectivity index (χ1) is 11.0. The van der Waals surface area contributed by atoms with Crippen LogP contribution in [0.4, 0.5) is 0 Å². The Kier molecular flexibility index (Phi) is 5.76. The summed E-state index contributed by atoms with van der Waals surface area (Å²) in [5, 5.41) is 9.63. The zero-order valence-electron chi connectivity index (χ0n) is 13.5. The molecular formula is C17H22N2O4. The molecule has 0 spiro atoms. The van der Waals surface area contributed by atoms with Gasteiger partial charge in [0.15, 0.2) is 5.75 Å². The number of aromatic nitrogens is 1. The molecular weight excluding hydrogens is 296 g/mol. The van der Waals surface area contributed by atoms with Crippen LogP contribution < -0.4 is 4.74 Å². The number of nitrogens with zero attached hydrogens (tertiary/aromatic N) is 1. The van der Waals surface area contributed by atoms with Crippen LogP contribution in [-0.2, 0) is 16.0 Å². The molecule has 0 aliphatic heterocycles. The van der Waals surface area contributed by atoms with Gasteiger partial charge >= 0.3 is 11.9 Å². The Balaban J connectivity index is 2.06. The predicted molar refractivity (Wildman–Crippen MR) is 87.7 cm³/mol. The van der Waals surface area contributed by atoms with Gasteiger partial charge in [-0.2, -0.15) is 0 Å². The summed E-state index contributed by atoms with van der Waals surface area (Å²) in [5.41, 5.74) is 1.98. The highest BCUT2D eigenvalue weighted by atomic mass is 16.5. The maximum Gasteiger partial charge on any atom is 0.311 e. The van der Waals surface area contributed by atoms with E-state index >= 15 is 0 Å². The standard InChI is InChI=1S/C17H22N2O4/c1-19(2)10-9-12-11-18-17-13(12)5-3-6-14(17)23-16(22)8-4-7-15(20)21/h3,5-6,11,18H,4,7-10H2,1-2H3,(H,20,21). The Hall–Kier alpha value is -2.34. The van der Waals surface area contributed by atoms with Gasteiger partial charge in [0.05, 0.1) is 5.52 Å². The molecule has 0 saturated carbocycles. The second-order valence-electron chi connectivity index (χ2n) is 5.77. The molecule has 0 radical (unpaired) electrons. The number of benzene rings is 1. The number of aromatic amines is 1. The lowest BCUT2D eigenvalue weighted by atomic mass is 10.1. The fraction of sp³-hybridized carbons (Fsp3) is 0.412. The number of rotatable bonds is 8. The predicted octanol–water partition coefficient (Wildman–Crippen LogP) is 2.43. The van der Waals surface area contributed by atoms with Crippen LogP contribution in [0, 0.1) is 0 Å². The molecule has 2 rings (SSSR count). The number of carboxylic acid groups (broad SMARTS) is 1. The monoisotopic (exact) mass is 318 g/mol. The van der Waals surface area contributed by atoms with E-state index in [9.17, 15) is 9.59 Å². The van der Waals surface area contributed by atoms with Crippen LogP contribution in [-0.4, -0.2) is 47.6 Å². The molecule has 0 atom stereocenters. The van der Waals surface area contributed by atoms with E-state index in [1.165, 1.54) is 5.56 Å². The van der Waals surface area contributed by atoms with Crippen LogP contribution in [0.5, 0.6) is 5.75 Å². The van der Waals surface area contributed by atoms with Gasteiger partial charge in [-0.15, -0.1) is 0 Å². The van der Waals surface area contributed by atoms with E-state index in [0.29, 0.717) is 5.75 Å². The van der Waals surface area contributed by atoms with Crippen molar-refractivity contribution in [2.24, 2.45) is 0 Å². The summed E-state index contributed by atoms with van der Waals surface area (Å²) in [6, 6.07) is 5.59. The first-order valence-corrected chi connectivity index (χ1v) is 7.63. The van der Waals surface area contributed by atoms with Gasteiger partial charge in [-0.05, 0) is 38.6 Å². The topological polar surface area (TPSA) is 82.6 Å². The number of H-pyrrole nitrogens is 1. The number of carboxylic acids is 1. The zero-order valence-corrected chi connectivity index (χ0v) is 13.5. The maximum atomic E-state index is 11.8. The van der Waals surface area contributed by atoms with E-state index in [1.54, 1.807) is 6.07 Å². The number of ether oxygens (including phenoxy) is 1. The minimum absolute atomic E-state index is 0.0313. The minimum atomic E-state index is -0.908. The summed E-state index contributed by atoms with van der Waals surface area (Å²) < 4.78 is 5.37. The third-order valence-electron chi connectivity index (χ3n) is 3.59. The average molecular weight is 318 g/mol. The number of likely N-dealkylation sites (N-methyl/N-ethyl adjacent to an activating group) is 1. The van der Waals surface area contributed by atoms with E-state index in [1.807, 2.05) is 32.4 Å². The van der Waals surface area contributed by atoms with Gasteiger partial charge < -0.3 is 19.7 Å². The molecule has 2 aromatic rings. The molecule has 0 aliphatic carbocycles. The molecule has 2 N–H and O–H groups in total. The molecule has 0 bridgehead atoms. The lowest BCUT2D eigenvalue weighted by Gasteiger charge is -2.08. The van der Waals surface area contributed by atoms with E-state index in [2.05, 4.69) is 9.88 Å². The van der Waals surface area contributed by atoms with Crippen molar-refractivity contribution in [1.82, 2.24) is 9.88 Å². The van der Waals surface area contributed by atoms with Crippen LogP contribution in [0.3, 0.4) is 0 Å². The Morgan fingerprint density at radius 3 is 2.74 bits per heavy atom. The van der Waals surface area contributed by atoms with Crippen LogP contribution in [0.25, 0.3) is 10.9 Å². The highest BCUT2D eigenvalue weighted by molar-refractivity contribution is 5.90. The molecule has 0 amide bonds. The van der Waals surface area contributed by atoms with Crippen molar-refractivity contribution in [2.75, 3.05) is 20.6 Å². The molecule has 124 valence electrons. The zero-order chi connectivity index (χ0) is 16.8. The number of nitrogens with one attached hydrogen (secondary N) is 1. The normalized spacial score (nSPS) is 11.1. The number of aliphatic carboxylic acids is 1.